The highest BCUT2D eigenvalue weighted by Crippen LogP contribution is 2.19. The Morgan fingerprint density at radius 1 is 1.69 bits per heavy atom. The summed E-state index contributed by atoms with van der Waals surface area (Å²) in [5, 5.41) is 2.37. The molecule has 3 nitrogen and oxygen atoms in total. The maximum Gasteiger partial charge on any atom is 0.408 e. The van der Waals surface area contributed by atoms with E-state index in [9.17, 15) is 4.79 Å². The lowest BCUT2D eigenvalue weighted by atomic mass is 9.95. The Balaban J connectivity index is 4.30. The van der Waals surface area contributed by atoms with Crippen LogP contribution in [0.1, 0.15) is 27.2 Å². The van der Waals surface area contributed by atoms with Crippen molar-refractivity contribution in [3.05, 3.63) is 0 Å². The van der Waals surface area contributed by atoms with Crippen molar-refractivity contribution in [1.82, 2.24) is 5.32 Å². The van der Waals surface area contributed by atoms with Gasteiger partial charge in [-0.2, -0.15) is 0 Å². The highest BCUT2D eigenvalue weighted by Gasteiger charge is 2.26. The minimum atomic E-state index is -0.797. The van der Waals surface area contributed by atoms with Gasteiger partial charge in [-0.1, -0.05) is 19.8 Å². The summed E-state index contributed by atoms with van der Waals surface area (Å²) >= 11 is 0. The Labute approximate surface area is 79.8 Å². The van der Waals surface area contributed by atoms with Gasteiger partial charge in [-0.3, -0.25) is 0 Å². The first-order valence-electron chi connectivity index (χ1n) is 4.32. The number of ether oxygens (including phenoxy) is 1. The summed E-state index contributed by atoms with van der Waals surface area (Å²) in [4.78, 5) is 10.9. The van der Waals surface area contributed by atoms with Crippen LogP contribution >= 0.6 is 0 Å². The molecular formula is C10H17NO2. The molecule has 0 fully saturated rings. The molecule has 1 amide bonds. The van der Waals surface area contributed by atoms with E-state index in [2.05, 4.69) is 11.2 Å². The van der Waals surface area contributed by atoms with Crippen LogP contribution in [0.2, 0.25) is 0 Å². The highest BCUT2D eigenvalue weighted by atomic mass is 16.6. The van der Waals surface area contributed by atoms with E-state index in [1.54, 1.807) is 6.92 Å². The molecule has 0 aliphatic carbocycles. The first kappa shape index (κ1) is 11.8. The highest BCUT2D eigenvalue weighted by molar-refractivity contribution is 5.67. The van der Waals surface area contributed by atoms with Crippen LogP contribution in [0.25, 0.3) is 0 Å². The summed E-state index contributed by atoms with van der Waals surface area (Å²) in [5.74, 6) is 2.89. The van der Waals surface area contributed by atoms with Crippen LogP contribution in [0, 0.1) is 18.3 Å². The number of carbonyl (C=O) groups is 1. The third-order valence-corrected chi connectivity index (χ3v) is 1.63. The molecule has 0 aliphatic rings. The van der Waals surface area contributed by atoms with E-state index in [1.807, 2.05) is 13.8 Å². The number of hydrogen-bond acceptors (Lipinski definition) is 2. The van der Waals surface area contributed by atoms with Crippen molar-refractivity contribution in [2.24, 2.45) is 5.92 Å². The lowest BCUT2D eigenvalue weighted by Gasteiger charge is -2.25. The van der Waals surface area contributed by atoms with Crippen molar-refractivity contribution >= 4 is 6.09 Å². The Bertz CT molecular complexity index is 217. The largest absolute Gasteiger partial charge is 0.430 e. The molecular weight excluding hydrogens is 166 g/mol. The van der Waals surface area contributed by atoms with Gasteiger partial charge in [0.05, 0.1) is 0 Å². The number of terminal acetylenes is 1. The van der Waals surface area contributed by atoms with E-state index in [4.69, 9.17) is 11.2 Å². The van der Waals surface area contributed by atoms with Gasteiger partial charge < -0.3 is 10.1 Å². The monoisotopic (exact) mass is 183 g/mol. The maximum atomic E-state index is 10.9. The lowest BCUT2D eigenvalue weighted by Crippen LogP contribution is -2.35. The van der Waals surface area contributed by atoms with Crippen LogP contribution in [0.15, 0.2) is 0 Å². The molecule has 1 unspecified atom stereocenters. The van der Waals surface area contributed by atoms with Crippen LogP contribution in [0.4, 0.5) is 4.79 Å². The van der Waals surface area contributed by atoms with Crippen molar-refractivity contribution in [3.8, 4) is 12.3 Å². The predicted octanol–water partition coefficient (Wildman–Crippen LogP) is 1.78. The van der Waals surface area contributed by atoms with Gasteiger partial charge in [0, 0.05) is 13.5 Å². The molecule has 0 aromatic heterocycles. The van der Waals surface area contributed by atoms with Gasteiger partial charge in [-0.25, -0.2) is 4.79 Å². The van der Waals surface area contributed by atoms with Gasteiger partial charge in [-0.05, 0) is 12.8 Å². The minimum Gasteiger partial charge on any atom is -0.430 e. The Morgan fingerprint density at radius 2 is 2.23 bits per heavy atom. The third kappa shape index (κ3) is 4.41. The molecule has 0 aromatic rings. The van der Waals surface area contributed by atoms with Gasteiger partial charge in [0.25, 0.3) is 0 Å². The fraction of sp³-hybridized carbons (Fsp3) is 0.700. The van der Waals surface area contributed by atoms with Gasteiger partial charge >= 0.3 is 6.09 Å². The SMILES string of the molecule is C#CC(C)(CC(C)C)OC(=O)NC. The lowest BCUT2D eigenvalue weighted by molar-refractivity contribution is 0.0536. The second-order valence-electron chi connectivity index (χ2n) is 3.61. The average molecular weight is 183 g/mol. The topological polar surface area (TPSA) is 38.3 Å². The van der Waals surface area contributed by atoms with Gasteiger partial charge in [0.15, 0.2) is 5.60 Å². The third-order valence-electron chi connectivity index (χ3n) is 1.63. The molecule has 1 atom stereocenters. The Morgan fingerprint density at radius 3 is 2.54 bits per heavy atom. The molecule has 0 saturated heterocycles. The summed E-state index contributed by atoms with van der Waals surface area (Å²) in [7, 11) is 1.51. The molecule has 0 radical (unpaired) electrons. The fourth-order valence-corrected chi connectivity index (χ4v) is 1.16. The molecule has 0 bridgehead atoms. The second kappa shape index (κ2) is 4.76. The van der Waals surface area contributed by atoms with Crippen molar-refractivity contribution in [3.63, 3.8) is 0 Å². The van der Waals surface area contributed by atoms with Crippen molar-refractivity contribution in [2.75, 3.05) is 7.05 Å². The number of carbonyl (C=O) groups excluding carboxylic acids is 1. The van der Waals surface area contributed by atoms with E-state index >= 15 is 0 Å². The number of nitrogens with one attached hydrogen (secondary N) is 1. The normalized spacial score (nSPS) is 14.5. The van der Waals surface area contributed by atoms with Crippen molar-refractivity contribution in [2.45, 2.75) is 32.8 Å². The van der Waals surface area contributed by atoms with Crippen LogP contribution in [0.5, 0.6) is 0 Å². The summed E-state index contributed by atoms with van der Waals surface area (Å²) in [6.45, 7) is 5.80. The van der Waals surface area contributed by atoms with Crippen molar-refractivity contribution < 1.29 is 9.53 Å². The zero-order chi connectivity index (χ0) is 10.5. The predicted molar refractivity (Wildman–Crippen MR) is 52.2 cm³/mol. The number of amides is 1. The molecule has 0 saturated carbocycles. The molecule has 0 heterocycles. The molecule has 0 aliphatic heterocycles. The van der Waals surface area contributed by atoms with Gasteiger partial charge in [-0.15, -0.1) is 6.42 Å². The molecule has 0 spiro atoms. The Hall–Kier alpha value is -1.17. The molecule has 13 heavy (non-hydrogen) atoms. The first-order chi connectivity index (χ1) is 5.93. The molecule has 74 valence electrons. The van der Waals surface area contributed by atoms with E-state index in [0.717, 1.165) is 0 Å². The fourth-order valence-electron chi connectivity index (χ4n) is 1.16. The van der Waals surface area contributed by atoms with Crippen molar-refractivity contribution in [1.29, 1.82) is 0 Å². The summed E-state index contributed by atoms with van der Waals surface area (Å²) in [6.07, 6.45) is 5.48. The van der Waals surface area contributed by atoms with E-state index in [1.165, 1.54) is 7.05 Å². The van der Waals surface area contributed by atoms with E-state index in [-0.39, 0.29) is 0 Å². The quantitative estimate of drug-likeness (QED) is 0.677. The first-order valence-corrected chi connectivity index (χ1v) is 4.32. The number of alkyl carbamates (subject to hydrolysis) is 1. The molecule has 0 rings (SSSR count). The summed E-state index contributed by atoms with van der Waals surface area (Å²) < 4.78 is 5.06. The van der Waals surface area contributed by atoms with Crippen LogP contribution in [-0.4, -0.2) is 18.7 Å². The number of rotatable bonds is 3. The summed E-state index contributed by atoms with van der Waals surface area (Å²) in [6, 6.07) is 0. The van der Waals surface area contributed by atoms with Crippen LogP contribution in [0.3, 0.4) is 0 Å². The standard InChI is InChI=1S/C10H17NO2/c1-6-10(4,7-8(2)3)13-9(12)11-5/h1,8H,7H2,2-5H3,(H,11,12). The Kier molecular flexibility index (Phi) is 4.33. The van der Waals surface area contributed by atoms with Crippen LogP contribution < -0.4 is 5.32 Å². The molecule has 0 aromatic carbocycles. The zero-order valence-electron chi connectivity index (χ0n) is 8.68. The van der Waals surface area contributed by atoms with E-state index in [0.29, 0.717) is 12.3 Å². The molecule has 1 N–H and O–H groups in total. The smallest absolute Gasteiger partial charge is 0.408 e. The number of hydrogen-bond donors (Lipinski definition) is 1. The minimum absolute atomic E-state index is 0.394. The van der Waals surface area contributed by atoms with Gasteiger partial charge in [0.1, 0.15) is 0 Å². The summed E-state index contributed by atoms with van der Waals surface area (Å²) in [5.41, 5.74) is -0.797. The average Bonchev–Trinajstić information content (AvgIpc) is 2.02. The van der Waals surface area contributed by atoms with E-state index < -0.39 is 11.7 Å². The zero-order valence-corrected chi connectivity index (χ0v) is 8.68. The molecule has 3 heteroatoms. The van der Waals surface area contributed by atoms with Gasteiger partial charge in [0.2, 0.25) is 0 Å². The maximum absolute atomic E-state index is 10.9. The second-order valence-corrected chi connectivity index (χ2v) is 3.61. The van der Waals surface area contributed by atoms with Crippen LogP contribution in [-0.2, 0) is 4.74 Å².